The Morgan fingerprint density at radius 2 is 2.04 bits per heavy atom. The van der Waals surface area contributed by atoms with Crippen molar-refractivity contribution >= 4 is 16.9 Å². The van der Waals surface area contributed by atoms with Crippen molar-refractivity contribution in [3.63, 3.8) is 0 Å². The third-order valence-corrected chi connectivity index (χ3v) is 4.06. The maximum Gasteiger partial charge on any atom is 0.224 e. The Balaban J connectivity index is 1.60. The van der Waals surface area contributed by atoms with Crippen molar-refractivity contribution in [3.05, 3.63) is 53.0 Å². The topological polar surface area (TPSA) is 60.1 Å². The molecular weight excluding hydrogens is 290 g/mol. The van der Waals surface area contributed by atoms with Crippen molar-refractivity contribution in [2.45, 2.75) is 33.7 Å². The predicted octanol–water partition coefficient (Wildman–Crippen LogP) is 2.91. The maximum atomic E-state index is 12.1. The van der Waals surface area contributed by atoms with Gasteiger partial charge < -0.3 is 9.73 Å². The average molecular weight is 311 g/mol. The summed E-state index contributed by atoms with van der Waals surface area (Å²) in [5.74, 6) is -0.00481. The highest BCUT2D eigenvalue weighted by Crippen LogP contribution is 2.25. The molecule has 2 aromatic heterocycles. The zero-order valence-electron chi connectivity index (χ0n) is 13.7. The van der Waals surface area contributed by atoms with Crippen LogP contribution in [0.25, 0.3) is 11.0 Å². The molecule has 3 rings (SSSR count). The number of hydrogen-bond donors (Lipinski definition) is 1. The van der Waals surface area contributed by atoms with Crippen LogP contribution in [0, 0.1) is 20.8 Å². The Hall–Kier alpha value is -2.56. The van der Waals surface area contributed by atoms with E-state index >= 15 is 0 Å². The first kappa shape index (κ1) is 15.3. The standard InChI is InChI=1S/C18H21N3O2/c1-12-8-16-15(11-23-17(16)9-13(12)2)10-18(22)19-5-7-21-6-4-14(3)20-21/h4,6,8-9,11H,5,7,10H2,1-3H3,(H,19,22). The molecule has 0 atom stereocenters. The van der Waals surface area contributed by atoms with E-state index in [2.05, 4.69) is 30.3 Å². The molecule has 1 amide bonds. The van der Waals surface area contributed by atoms with E-state index in [1.165, 1.54) is 11.1 Å². The Bertz CT molecular complexity index is 845. The third kappa shape index (κ3) is 3.44. The summed E-state index contributed by atoms with van der Waals surface area (Å²) in [6.07, 6.45) is 3.92. The number of benzene rings is 1. The average Bonchev–Trinajstić information content (AvgIpc) is 3.07. The van der Waals surface area contributed by atoms with Crippen LogP contribution in [0.1, 0.15) is 22.4 Å². The summed E-state index contributed by atoms with van der Waals surface area (Å²) in [6, 6.07) is 6.05. The lowest BCUT2D eigenvalue weighted by Crippen LogP contribution is -2.28. The summed E-state index contributed by atoms with van der Waals surface area (Å²) in [7, 11) is 0. The van der Waals surface area contributed by atoms with Crippen LogP contribution in [-0.2, 0) is 17.8 Å². The van der Waals surface area contributed by atoms with Crippen LogP contribution in [0.15, 0.2) is 35.1 Å². The first-order chi connectivity index (χ1) is 11.0. The van der Waals surface area contributed by atoms with Gasteiger partial charge in [0.1, 0.15) is 5.58 Å². The first-order valence-electron chi connectivity index (χ1n) is 7.77. The number of rotatable bonds is 5. The quantitative estimate of drug-likeness (QED) is 0.788. The van der Waals surface area contributed by atoms with Crippen molar-refractivity contribution in [1.82, 2.24) is 15.1 Å². The van der Waals surface area contributed by atoms with E-state index in [-0.39, 0.29) is 5.91 Å². The van der Waals surface area contributed by atoms with Crippen LogP contribution in [-0.4, -0.2) is 22.2 Å². The van der Waals surface area contributed by atoms with Gasteiger partial charge in [0.2, 0.25) is 5.91 Å². The van der Waals surface area contributed by atoms with Gasteiger partial charge in [0.05, 0.1) is 24.9 Å². The molecule has 0 spiro atoms. The van der Waals surface area contributed by atoms with Gasteiger partial charge in [-0.15, -0.1) is 0 Å². The second-order valence-corrected chi connectivity index (χ2v) is 5.94. The van der Waals surface area contributed by atoms with Gasteiger partial charge in [-0.25, -0.2) is 0 Å². The number of fused-ring (bicyclic) bond motifs is 1. The van der Waals surface area contributed by atoms with Crippen LogP contribution in [0.4, 0.5) is 0 Å². The number of carbonyl (C=O) groups excluding carboxylic acids is 1. The number of furan rings is 1. The van der Waals surface area contributed by atoms with Crippen LogP contribution >= 0.6 is 0 Å². The molecule has 0 radical (unpaired) electrons. The van der Waals surface area contributed by atoms with Gasteiger partial charge in [-0.1, -0.05) is 0 Å². The van der Waals surface area contributed by atoms with Crippen molar-refractivity contribution in [2.75, 3.05) is 6.54 Å². The molecule has 5 heteroatoms. The molecule has 0 bridgehead atoms. The minimum absolute atomic E-state index is 0.00481. The van der Waals surface area contributed by atoms with Crippen molar-refractivity contribution < 1.29 is 9.21 Å². The van der Waals surface area contributed by atoms with E-state index in [0.717, 1.165) is 22.2 Å². The van der Waals surface area contributed by atoms with E-state index in [1.807, 2.05) is 29.9 Å². The van der Waals surface area contributed by atoms with E-state index in [4.69, 9.17) is 4.42 Å². The molecule has 0 aliphatic carbocycles. The van der Waals surface area contributed by atoms with Gasteiger partial charge in [-0.05, 0) is 50.1 Å². The molecule has 0 saturated carbocycles. The number of nitrogens with one attached hydrogen (secondary N) is 1. The van der Waals surface area contributed by atoms with E-state index in [0.29, 0.717) is 19.5 Å². The fourth-order valence-corrected chi connectivity index (χ4v) is 2.61. The summed E-state index contributed by atoms with van der Waals surface area (Å²) >= 11 is 0. The van der Waals surface area contributed by atoms with Crippen LogP contribution < -0.4 is 5.32 Å². The zero-order chi connectivity index (χ0) is 16.4. The lowest BCUT2D eigenvalue weighted by atomic mass is 10.0. The second-order valence-electron chi connectivity index (χ2n) is 5.94. The summed E-state index contributed by atoms with van der Waals surface area (Å²) in [4.78, 5) is 12.1. The predicted molar refractivity (Wildman–Crippen MR) is 89.4 cm³/mol. The summed E-state index contributed by atoms with van der Waals surface area (Å²) < 4.78 is 7.40. The smallest absolute Gasteiger partial charge is 0.224 e. The molecule has 5 nitrogen and oxygen atoms in total. The largest absolute Gasteiger partial charge is 0.464 e. The van der Waals surface area contributed by atoms with Gasteiger partial charge in [0.15, 0.2) is 0 Å². The van der Waals surface area contributed by atoms with E-state index < -0.39 is 0 Å². The highest BCUT2D eigenvalue weighted by atomic mass is 16.3. The van der Waals surface area contributed by atoms with Gasteiger partial charge in [0, 0.05) is 23.7 Å². The van der Waals surface area contributed by atoms with Gasteiger partial charge in [-0.2, -0.15) is 5.10 Å². The lowest BCUT2D eigenvalue weighted by molar-refractivity contribution is -0.120. The molecule has 3 aromatic rings. The maximum absolute atomic E-state index is 12.1. The van der Waals surface area contributed by atoms with Crippen molar-refractivity contribution in [3.8, 4) is 0 Å². The van der Waals surface area contributed by atoms with E-state index in [1.54, 1.807) is 6.26 Å². The number of hydrogen-bond acceptors (Lipinski definition) is 3. The highest BCUT2D eigenvalue weighted by Gasteiger charge is 2.11. The molecule has 120 valence electrons. The van der Waals surface area contributed by atoms with Gasteiger partial charge in [0.25, 0.3) is 0 Å². The molecule has 1 N–H and O–H groups in total. The fourth-order valence-electron chi connectivity index (χ4n) is 2.61. The number of aromatic nitrogens is 2. The minimum Gasteiger partial charge on any atom is -0.464 e. The highest BCUT2D eigenvalue weighted by molar-refractivity contribution is 5.88. The number of aryl methyl sites for hydroxylation is 3. The summed E-state index contributed by atoms with van der Waals surface area (Å²) in [5, 5.41) is 8.24. The number of amides is 1. The van der Waals surface area contributed by atoms with Crippen LogP contribution in [0.3, 0.4) is 0 Å². The molecular formula is C18H21N3O2. The SMILES string of the molecule is Cc1ccn(CCNC(=O)Cc2coc3cc(C)c(C)cc23)n1. The fraction of sp³-hybridized carbons (Fsp3) is 0.333. The third-order valence-electron chi connectivity index (χ3n) is 4.06. The van der Waals surface area contributed by atoms with Crippen LogP contribution in [0.5, 0.6) is 0 Å². The molecule has 2 heterocycles. The molecule has 0 unspecified atom stereocenters. The Morgan fingerprint density at radius 3 is 2.78 bits per heavy atom. The monoisotopic (exact) mass is 311 g/mol. The normalized spacial score (nSPS) is 11.1. The zero-order valence-corrected chi connectivity index (χ0v) is 13.7. The van der Waals surface area contributed by atoms with Gasteiger partial charge >= 0.3 is 0 Å². The Morgan fingerprint density at radius 1 is 1.26 bits per heavy atom. The second kappa shape index (κ2) is 6.28. The first-order valence-corrected chi connectivity index (χ1v) is 7.77. The molecule has 0 fully saturated rings. The molecule has 23 heavy (non-hydrogen) atoms. The number of carbonyl (C=O) groups is 1. The summed E-state index contributed by atoms with van der Waals surface area (Å²) in [6.45, 7) is 7.30. The number of nitrogens with zero attached hydrogens (tertiary/aromatic N) is 2. The minimum atomic E-state index is -0.00481. The molecule has 0 saturated heterocycles. The molecule has 0 aliphatic heterocycles. The lowest BCUT2D eigenvalue weighted by Gasteiger charge is -2.05. The van der Waals surface area contributed by atoms with Crippen molar-refractivity contribution in [2.24, 2.45) is 0 Å². The van der Waals surface area contributed by atoms with Crippen molar-refractivity contribution in [1.29, 1.82) is 0 Å². The van der Waals surface area contributed by atoms with E-state index in [9.17, 15) is 4.79 Å². The Kier molecular flexibility index (Phi) is 4.19. The Labute approximate surface area is 135 Å². The molecule has 1 aromatic carbocycles. The molecule has 0 aliphatic rings. The van der Waals surface area contributed by atoms with Gasteiger partial charge in [-0.3, -0.25) is 9.48 Å². The summed E-state index contributed by atoms with van der Waals surface area (Å²) in [5.41, 5.74) is 5.14. The van der Waals surface area contributed by atoms with Crippen LogP contribution in [0.2, 0.25) is 0 Å².